The Bertz CT molecular complexity index is 244. The maximum atomic E-state index is 4.05. The van der Waals surface area contributed by atoms with Gasteiger partial charge in [0.05, 0.1) is 12.2 Å². The average molecular weight is 180 g/mol. The van der Waals surface area contributed by atoms with E-state index in [1.165, 1.54) is 25.7 Å². The molecule has 1 fully saturated rings. The second kappa shape index (κ2) is 3.87. The predicted molar refractivity (Wildman–Crippen MR) is 50.4 cm³/mol. The number of rotatable bonds is 2. The fourth-order valence-electron chi connectivity index (χ4n) is 2.08. The molecule has 0 amide bonds. The molecule has 1 aliphatic rings. The van der Waals surface area contributed by atoms with Gasteiger partial charge in [-0.1, -0.05) is 5.21 Å². The van der Waals surface area contributed by atoms with Crippen LogP contribution in [-0.2, 0) is 0 Å². The molecule has 4 nitrogen and oxygen atoms in total. The third-order valence-electron chi connectivity index (χ3n) is 2.87. The SMILES string of the molecule is CNC1CCCC(n2ccnn2)C1. The van der Waals surface area contributed by atoms with Gasteiger partial charge in [0.15, 0.2) is 0 Å². The average Bonchev–Trinajstić information content (AvgIpc) is 2.71. The first kappa shape index (κ1) is 8.69. The number of hydrogen-bond acceptors (Lipinski definition) is 3. The topological polar surface area (TPSA) is 42.7 Å². The predicted octanol–water partition coefficient (Wildman–Crippen LogP) is 0.981. The molecule has 1 saturated carbocycles. The Labute approximate surface area is 78.3 Å². The Morgan fingerprint density at radius 1 is 1.46 bits per heavy atom. The molecule has 0 aliphatic heterocycles. The molecule has 1 aliphatic carbocycles. The third kappa shape index (κ3) is 1.88. The zero-order valence-electron chi connectivity index (χ0n) is 7.98. The first-order chi connectivity index (χ1) is 6.40. The van der Waals surface area contributed by atoms with E-state index in [2.05, 4.69) is 15.6 Å². The van der Waals surface area contributed by atoms with Crippen molar-refractivity contribution in [2.24, 2.45) is 0 Å². The van der Waals surface area contributed by atoms with Gasteiger partial charge in [-0.2, -0.15) is 0 Å². The lowest BCUT2D eigenvalue weighted by molar-refractivity contribution is 0.275. The summed E-state index contributed by atoms with van der Waals surface area (Å²) in [4.78, 5) is 0. The molecule has 2 atom stereocenters. The van der Waals surface area contributed by atoms with Crippen LogP contribution in [0.4, 0.5) is 0 Å². The van der Waals surface area contributed by atoms with Gasteiger partial charge in [0.2, 0.25) is 0 Å². The van der Waals surface area contributed by atoms with Crippen LogP contribution in [0.1, 0.15) is 31.7 Å². The van der Waals surface area contributed by atoms with E-state index in [4.69, 9.17) is 0 Å². The summed E-state index contributed by atoms with van der Waals surface area (Å²) in [7, 11) is 2.04. The molecule has 0 radical (unpaired) electrons. The van der Waals surface area contributed by atoms with Crippen LogP contribution >= 0.6 is 0 Å². The first-order valence-corrected chi connectivity index (χ1v) is 4.93. The summed E-state index contributed by atoms with van der Waals surface area (Å²) in [6, 6.07) is 1.21. The van der Waals surface area contributed by atoms with Gasteiger partial charge in [-0.15, -0.1) is 5.10 Å². The molecule has 13 heavy (non-hydrogen) atoms. The van der Waals surface area contributed by atoms with Crippen molar-refractivity contribution in [1.29, 1.82) is 0 Å². The lowest BCUT2D eigenvalue weighted by Crippen LogP contribution is -2.32. The van der Waals surface area contributed by atoms with Crippen LogP contribution < -0.4 is 5.32 Å². The lowest BCUT2D eigenvalue weighted by atomic mass is 9.91. The fourth-order valence-corrected chi connectivity index (χ4v) is 2.08. The number of aromatic nitrogens is 3. The van der Waals surface area contributed by atoms with E-state index in [1.807, 2.05) is 17.9 Å². The van der Waals surface area contributed by atoms with Gasteiger partial charge in [-0.25, -0.2) is 4.68 Å². The highest BCUT2D eigenvalue weighted by Crippen LogP contribution is 2.27. The van der Waals surface area contributed by atoms with E-state index >= 15 is 0 Å². The Kier molecular flexibility index (Phi) is 2.59. The van der Waals surface area contributed by atoms with Crippen LogP contribution in [0.15, 0.2) is 12.4 Å². The van der Waals surface area contributed by atoms with Crippen molar-refractivity contribution >= 4 is 0 Å². The Hall–Kier alpha value is -0.900. The van der Waals surface area contributed by atoms with E-state index < -0.39 is 0 Å². The smallest absolute Gasteiger partial charge is 0.0693 e. The van der Waals surface area contributed by atoms with Crippen molar-refractivity contribution in [2.75, 3.05) is 7.05 Å². The molecule has 4 heteroatoms. The highest BCUT2D eigenvalue weighted by atomic mass is 15.4. The summed E-state index contributed by atoms with van der Waals surface area (Å²) in [5.41, 5.74) is 0. The van der Waals surface area contributed by atoms with Crippen LogP contribution in [0.25, 0.3) is 0 Å². The molecule has 1 heterocycles. The molecule has 0 saturated heterocycles. The molecular formula is C9H16N4. The Morgan fingerprint density at radius 2 is 2.38 bits per heavy atom. The van der Waals surface area contributed by atoms with E-state index in [-0.39, 0.29) is 0 Å². The van der Waals surface area contributed by atoms with Crippen molar-refractivity contribution in [3.63, 3.8) is 0 Å². The largest absolute Gasteiger partial charge is 0.317 e. The van der Waals surface area contributed by atoms with Crippen LogP contribution in [0.2, 0.25) is 0 Å². The van der Waals surface area contributed by atoms with Crippen LogP contribution in [0.3, 0.4) is 0 Å². The van der Waals surface area contributed by atoms with Gasteiger partial charge in [0.1, 0.15) is 0 Å². The van der Waals surface area contributed by atoms with E-state index in [1.54, 1.807) is 6.20 Å². The number of nitrogens with zero attached hydrogens (tertiary/aromatic N) is 3. The molecule has 2 unspecified atom stereocenters. The lowest BCUT2D eigenvalue weighted by Gasteiger charge is -2.28. The van der Waals surface area contributed by atoms with Gasteiger partial charge in [0, 0.05) is 12.2 Å². The van der Waals surface area contributed by atoms with Crippen molar-refractivity contribution < 1.29 is 0 Å². The van der Waals surface area contributed by atoms with E-state index in [9.17, 15) is 0 Å². The minimum absolute atomic E-state index is 0.550. The highest BCUT2D eigenvalue weighted by molar-refractivity contribution is 4.81. The normalized spacial score (nSPS) is 29.0. The van der Waals surface area contributed by atoms with Crippen LogP contribution in [0, 0.1) is 0 Å². The molecule has 1 N–H and O–H groups in total. The zero-order valence-corrected chi connectivity index (χ0v) is 7.98. The standard InChI is InChI=1S/C9H16N4/c1-10-8-3-2-4-9(7-8)13-6-5-11-12-13/h5-6,8-10H,2-4,7H2,1H3. The molecule has 72 valence electrons. The van der Waals surface area contributed by atoms with Gasteiger partial charge >= 0.3 is 0 Å². The minimum Gasteiger partial charge on any atom is -0.317 e. The molecule has 1 aromatic rings. The van der Waals surface area contributed by atoms with E-state index in [0.717, 1.165) is 0 Å². The van der Waals surface area contributed by atoms with Crippen molar-refractivity contribution in [3.8, 4) is 0 Å². The van der Waals surface area contributed by atoms with Gasteiger partial charge in [0.25, 0.3) is 0 Å². The number of hydrogen-bond donors (Lipinski definition) is 1. The maximum absolute atomic E-state index is 4.05. The second-order valence-corrected chi connectivity index (χ2v) is 3.69. The number of nitrogens with one attached hydrogen (secondary N) is 1. The first-order valence-electron chi connectivity index (χ1n) is 4.93. The summed E-state index contributed by atoms with van der Waals surface area (Å²) in [5, 5.41) is 11.2. The fraction of sp³-hybridized carbons (Fsp3) is 0.778. The Balaban J connectivity index is 2.00. The van der Waals surface area contributed by atoms with Gasteiger partial charge in [-0.05, 0) is 32.7 Å². The minimum atomic E-state index is 0.550. The summed E-state index contributed by atoms with van der Waals surface area (Å²) in [6.07, 6.45) is 8.71. The molecule has 0 spiro atoms. The Morgan fingerprint density at radius 3 is 3.08 bits per heavy atom. The maximum Gasteiger partial charge on any atom is 0.0693 e. The van der Waals surface area contributed by atoms with Crippen molar-refractivity contribution in [3.05, 3.63) is 12.4 Å². The zero-order chi connectivity index (χ0) is 9.10. The monoisotopic (exact) mass is 180 g/mol. The molecule has 1 aromatic heterocycles. The molecule has 2 rings (SSSR count). The highest BCUT2D eigenvalue weighted by Gasteiger charge is 2.22. The summed E-state index contributed by atoms with van der Waals surface area (Å²) < 4.78 is 1.99. The van der Waals surface area contributed by atoms with E-state index in [0.29, 0.717) is 12.1 Å². The summed E-state index contributed by atoms with van der Waals surface area (Å²) in [5.74, 6) is 0. The molecule has 0 bridgehead atoms. The summed E-state index contributed by atoms with van der Waals surface area (Å²) in [6.45, 7) is 0. The van der Waals surface area contributed by atoms with Crippen LogP contribution in [0.5, 0.6) is 0 Å². The summed E-state index contributed by atoms with van der Waals surface area (Å²) >= 11 is 0. The van der Waals surface area contributed by atoms with Crippen molar-refractivity contribution in [1.82, 2.24) is 20.3 Å². The second-order valence-electron chi connectivity index (χ2n) is 3.69. The van der Waals surface area contributed by atoms with Gasteiger partial charge < -0.3 is 5.32 Å². The molecule has 0 aromatic carbocycles. The molecular weight excluding hydrogens is 164 g/mol. The van der Waals surface area contributed by atoms with Gasteiger partial charge in [-0.3, -0.25) is 0 Å². The van der Waals surface area contributed by atoms with Crippen molar-refractivity contribution in [2.45, 2.75) is 37.8 Å². The van der Waals surface area contributed by atoms with Crippen LogP contribution in [-0.4, -0.2) is 28.1 Å². The third-order valence-corrected chi connectivity index (χ3v) is 2.87. The quantitative estimate of drug-likeness (QED) is 0.737.